The molecule has 0 spiro atoms. The molecule has 0 radical (unpaired) electrons. The van der Waals surface area contributed by atoms with Gasteiger partial charge >= 0.3 is 12.2 Å². The van der Waals surface area contributed by atoms with Gasteiger partial charge in [0.25, 0.3) is 0 Å². The van der Waals surface area contributed by atoms with Crippen LogP contribution in [0.2, 0.25) is 0 Å². The molecule has 12 rings (SSSR count). The second-order valence-electron chi connectivity index (χ2n) is 18.8. The fraction of sp³-hybridized carbons (Fsp3) is 0.188. The fourth-order valence-corrected chi connectivity index (χ4v) is 9.79. The number of rotatable bonds is 6. The average Bonchev–Trinajstić information content (AvgIpc) is 4.31. The third-order valence-corrected chi connectivity index (χ3v) is 14.0. The Balaban J connectivity index is 0.000000148. The maximum Gasteiger partial charge on any atom is 0.410 e. The fourth-order valence-electron chi connectivity index (χ4n) is 9.03. The number of nitrogens with one attached hydrogen (secondary N) is 2. The number of aromatic amines is 2. The molecule has 2 aromatic heterocycles. The van der Waals surface area contributed by atoms with E-state index in [1.54, 1.807) is 11.1 Å². The maximum atomic E-state index is 12.7. The van der Waals surface area contributed by atoms with Crippen molar-refractivity contribution in [2.24, 2.45) is 0 Å². The molecule has 3 N–H and O–H groups in total. The van der Waals surface area contributed by atoms with Gasteiger partial charge in [0.2, 0.25) is 0 Å². The summed E-state index contributed by atoms with van der Waals surface area (Å²) in [6, 6.07) is 65.3. The zero-order chi connectivity index (χ0) is 53.2. The van der Waals surface area contributed by atoms with Crippen LogP contribution in [0.4, 0.5) is 9.59 Å². The van der Waals surface area contributed by atoms with E-state index < -0.39 is 6.09 Å². The molecular weight excluding hydrogens is 1080 g/mol. The van der Waals surface area contributed by atoms with Gasteiger partial charge in [-0.15, -0.1) is 0 Å². The summed E-state index contributed by atoms with van der Waals surface area (Å²) in [5, 5.41) is 14.0. The largest absolute Gasteiger partial charge is 0.465 e. The summed E-state index contributed by atoms with van der Waals surface area (Å²) >= 11 is 7.01. The molecule has 2 saturated heterocycles. The molecule has 12 heteroatoms. The van der Waals surface area contributed by atoms with Gasteiger partial charge in [0, 0.05) is 33.2 Å². The van der Waals surface area contributed by atoms with E-state index in [0.29, 0.717) is 13.1 Å². The van der Waals surface area contributed by atoms with Gasteiger partial charge in [0.05, 0.1) is 35.9 Å². The van der Waals surface area contributed by atoms with Crippen LogP contribution in [0.15, 0.2) is 215 Å². The molecule has 2 atom stereocenters. The minimum atomic E-state index is -0.883. The number of carbonyl (C=O) groups is 2. The van der Waals surface area contributed by atoms with E-state index in [1.165, 1.54) is 37.7 Å². The molecule has 2 unspecified atom stereocenters. The number of hydrogen-bond acceptors (Lipinski definition) is 5. The van der Waals surface area contributed by atoms with Crippen molar-refractivity contribution in [3.8, 4) is 22.5 Å². The van der Waals surface area contributed by atoms with Crippen LogP contribution in [0.5, 0.6) is 0 Å². The summed E-state index contributed by atoms with van der Waals surface area (Å²) in [7, 11) is 0. The predicted molar refractivity (Wildman–Crippen MR) is 314 cm³/mol. The van der Waals surface area contributed by atoms with Gasteiger partial charge in [-0.25, -0.2) is 19.6 Å². The number of aryl methyl sites for hydroxylation is 3. The highest BCUT2D eigenvalue weighted by atomic mass is 79.9. The van der Waals surface area contributed by atoms with Crippen molar-refractivity contribution in [3.05, 3.63) is 249 Å². The van der Waals surface area contributed by atoms with Gasteiger partial charge in [0.1, 0.15) is 18.3 Å². The molecule has 0 saturated carbocycles. The van der Waals surface area contributed by atoms with Crippen molar-refractivity contribution >= 4 is 65.6 Å². The van der Waals surface area contributed by atoms with Gasteiger partial charge in [0.15, 0.2) is 0 Å². The third kappa shape index (κ3) is 15.4. The summed E-state index contributed by atoms with van der Waals surface area (Å²) in [4.78, 5) is 43.1. The lowest BCUT2D eigenvalue weighted by Gasteiger charge is -2.22. The Morgan fingerprint density at radius 3 is 1.32 bits per heavy atom. The molecule has 8 aromatic carbocycles. The first kappa shape index (κ1) is 54.5. The highest BCUT2D eigenvalue weighted by Gasteiger charge is 2.34. The number of carboxylic acid groups (broad SMARTS) is 1. The van der Waals surface area contributed by atoms with Crippen LogP contribution in [0, 0.1) is 20.8 Å². The van der Waals surface area contributed by atoms with E-state index in [-0.39, 0.29) is 24.8 Å². The molecule has 0 bridgehead atoms. The Morgan fingerprint density at radius 1 is 0.526 bits per heavy atom. The van der Waals surface area contributed by atoms with Crippen molar-refractivity contribution in [2.45, 2.75) is 65.1 Å². The van der Waals surface area contributed by atoms with Crippen molar-refractivity contribution in [2.75, 3.05) is 13.1 Å². The van der Waals surface area contributed by atoms with Crippen molar-refractivity contribution in [3.63, 3.8) is 0 Å². The molecule has 76 heavy (non-hydrogen) atoms. The minimum Gasteiger partial charge on any atom is -0.465 e. The quantitative estimate of drug-likeness (QED) is 0.152. The molecule has 4 heterocycles. The lowest BCUT2D eigenvalue weighted by atomic mass is 10.1. The first-order valence-corrected chi connectivity index (χ1v) is 27.1. The van der Waals surface area contributed by atoms with Crippen molar-refractivity contribution < 1.29 is 19.4 Å². The van der Waals surface area contributed by atoms with Gasteiger partial charge < -0.3 is 19.8 Å². The number of imidazole rings is 2. The second kappa shape index (κ2) is 27.1. The van der Waals surface area contributed by atoms with Crippen molar-refractivity contribution in [1.29, 1.82) is 0 Å². The SMILES string of the molecule is Cc1ccccc1.Cc1ccccc1.Cc1ccccc1.O=C(O)N1CCCC1c1ncc(-c2ccc3cc(Br)ccc3c2)[nH]1.O=C(OCc1ccccc1)N1CCCC1c1ncc(-c2ccc3cc(Br)ccc3c2)[nH]1. The lowest BCUT2D eigenvalue weighted by Crippen LogP contribution is -2.31. The van der Waals surface area contributed by atoms with Crippen LogP contribution >= 0.6 is 31.9 Å². The topological polar surface area (TPSA) is 127 Å². The summed E-state index contributed by atoms with van der Waals surface area (Å²) in [6.45, 7) is 7.78. The van der Waals surface area contributed by atoms with Gasteiger partial charge in [-0.2, -0.15) is 0 Å². The molecule has 2 fully saturated rings. The molecule has 386 valence electrons. The molecule has 0 aliphatic carbocycles. The standard InChI is InChI=1S/C25H22BrN3O2.C18H16BrN3O2.3C7H8/c26-21-11-10-18-13-20(9-8-19(18)14-21)22-15-27-24(28-22)23-7-4-12-29(23)25(30)31-16-17-5-2-1-3-6-17;19-14-6-5-11-8-13(4-3-12(11)9-14)15-10-20-17(21-15)16-2-1-7-22(16)18(23)24;3*1-7-5-3-2-4-6-7/h1-3,5-6,8-11,13-15,23H,4,7,12,16H2,(H,27,28);3-6,8-10,16H,1-2,7H2,(H,20,21)(H,23,24);3*2-6H,1H3. The zero-order valence-electron chi connectivity index (χ0n) is 43.0. The highest BCUT2D eigenvalue weighted by Crippen LogP contribution is 2.34. The average molecular weight is 1140 g/mol. The number of nitrogens with zero attached hydrogens (tertiary/aromatic N) is 4. The van der Waals surface area contributed by atoms with E-state index in [1.807, 2.05) is 103 Å². The van der Waals surface area contributed by atoms with Gasteiger partial charge in [-0.3, -0.25) is 9.80 Å². The first-order valence-electron chi connectivity index (χ1n) is 25.5. The van der Waals surface area contributed by atoms with Gasteiger partial charge in [-0.05, 0) is 110 Å². The minimum absolute atomic E-state index is 0.0894. The Labute approximate surface area is 462 Å². The number of carbonyl (C=O) groups excluding carboxylic acids is 1. The highest BCUT2D eigenvalue weighted by molar-refractivity contribution is 9.10. The van der Waals surface area contributed by atoms with Crippen LogP contribution in [-0.4, -0.2) is 60.1 Å². The number of aromatic nitrogens is 4. The molecule has 10 nitrogen and oxygen atoms in total. The zero-order valence-corrected chi connectivity index (χ0v) is 46.1. The Morgan fingerprint density at radius 2 is 0.908 bits per heavy atom. The number of halogens is 2. The number of H-pyrrole nitrogens is 2. The molecule has 2 aliphatic rings. The van der Waals surface area contributed by atoms with Crippen LogP contribution in [-0.2, 0) is 11.3 Å². The Kier molecular flexibility index (Phi) is 19.4. The van der Waals surface area contributed by atoms with Crippen LogP contribution in [0.3, 0.4) is 0 Å². The number of fused-ring (bicyclic) bond motifs is 2. The van der Waals surface area contributed by atoms with E-state index >= 15 is 0 Å². The van der Waals surface area contributed by atoms with Crippen LogP contribution in [0.25, 0.3) is 44.1 Å². The third-order valence-electron chi connectivity index (χ3n) is 13.1. The Hall–Kier alpha value is -7.80. The number of ether oxygens (including phenoxy) is 1. The first-order chi connectivity index (χ1) is 37.0. The molecule has 10 aromatic rings. The summed E-state index contributed by atoms with van der Waals surface area (Å²) in [6.07, 6.45) is 5.95. The second-order valence-corrected chi connectivity index (χ2v) is 20.6. The molecular formula is C64H62Br2N6O4. The van der Waals surface area contributed by atoms with Crippen LogP contribution < -0.4 is 0 Å². The molecule has 2 aliphatic heterocycles. The monoisotopic (exact) mass is 1140 g/mol. The van der Waals surface area contributed by atoms with E-state index in [0.717, 1.165) is 79.7 Å². The Bertz CT molecular complexity index is 3340. The number of benzene rings is 8. The van der Waals surface area contributed by atoms with E-state index in [4.69, 9.17) is 4.74 Å². The lowest BCUT2D eigenvalue weighted by molar-refractivity contribution is 0.0909. The number of likely N-dealkylation sites (tertiary alicyclic amines) is 2. The van der Waals surface area contributed by atoms with E-state index in [2.05, 4.69) is 170 Å². The smallest absolute Gasteiger partial charge is 0.410 e. The number of amides is 2. The van der Waals surface area contributed by atoms with E-state index in [9.17, 15) is 14.7 Å². The van der Waals surface area contributed by atoms with Crippen molar-refractivity contribution in [1.82, 2.24) is 29.7 Å². The summed E-state index contributed by atoms with van der Waals surface area (Å²) in [5.74, 6) is 1.53. The molecule has 2 amide bonds. The summed E-state index contributed by atoms with van der Waals surface area (Å²) in [5.41, 5.74) is 8.92. The van der Waals surface area contributed by atoms with Gasteiger partial charge in [-0.1, -0.05) is 206 Å². The summed E-state index contributed by atoms with van der Waals surface area (Å²) < 4.78 is 7.68. The number of hydrogen-bond donors (Lipinski definition) is 3. The predicted octanol–water partition coefficient (Wildman–Crippen LogP) is 17.3. The maximum absolute atomic E-state index is 12.7. The van der Waals surface area contributed by atoms with Crippen LogP contribution in [0.1, 0.15) is 71.7 Å². The normalized spacial score (nSPS) is 14.5.